The molecule has 0 saturated heterocycles. The quantitative estimate of drug-likeness (QED) is 0.747. The van der Waals surface area contributed by atoms with Crippen molar-refractivity contribution >= 4 is 28.3 Å². The van der Waals surface area contributed by atoms with E-state index in [9.17, 15) is 9.59 Å². The molecule has 7 heteroatoms. The number of hydrogen-bond donors (Lipinski definition) is 3. The van der Waals surface area contributed by atoms with Gasteiger partial charge in [0.25, 0.3) is 5.91 Å². The van der Waals surface area contributed by atoms with E-state index in [1.54, 1.807) is 20.8 Å². The van der Waals surface area contributed by atoms with E-state index in [2.05, 4.69) is 10.3 Å². The summed E-state index contributed by atoms with van der Waals surface area (Å²) in [6.07, 6.45) is 0. The highest BCUT2D eigenvalue weighted by Gasteiger charge is 2.33. The number of aliphatic carboxylic acids is 1. The topological polar surface area (TPSA) is 105 Å². The lowest BCUT2D eigenvalue weighted by atomic mass is 9.87. The van der Waals surface area contributed by atoms with Gasteiger partial charge in [0.2, 0.25) is 0 Å². The fraction of sp³-hybridized carbons (Fsp3) is 0.500. The summed E-state index contributed by atoms with van der Waals surface area (Å²) in [5.41, 5.74) is 4.97. The number of nitrogens with zero attached hydrogens (tertiary/aromatic N) is 1. The number of nitrogens with one attached hydrogen (secondary N) is 1. The third kappa shape index (κ3) is 3.42. The minimum Gasteiger partial charge on any atom is -0.480 e. The molecule has 0 saturated carbocycles. The molecule has 0 aromatic carbocycles. The van der Waals surface area contributed by atoms with Gasteiger partial charge in [-0.3, -0.25) is 4.79 Å². The van der Waals surface area contributed by atoms with Gasteiger partial charge < -0.3 is 16.2 Å². The van der Waals surface area contributed by atoms with E-state index in [4.69, 9.17) is 10.8 Å². The number of rotatable bonds is 3. The maximum atomic E-state index is 11.7. The van der Waals surface area contributed by atoms with Gasteiger partial charge in [0.05, 0.1) is 0 Å². The molecule has 0 radical (unpaired) electrons. The zero-order valence-corrected chi connectivity index (χ0v) is 10.7. The van der Waals surface area contributed by atoms with Crippen LogP contribution in [-0.2, 0) is 4.79 Å². The van der Waals surface area contributed by atoms with Gasteiger partial charge >= 0.3 is 5.97 Å². The molecule has 17 heavy (non-hydrogen) atoms. The molecule has 1 rings (SSSR count). The summed E-state index contributed by atoms with van der Waals surface area (Å²) in [5, 5.41) is 13.3. The van der Waals surface area contributed by atoms with Crippen LogP contribution in [0.25, 0.3) is 0 Å². The van der Waals surface area contributed by atoms with Crippen molar-refractivity contribution in [3.63, 3.8) is 0 Å². The number of carbonyl (C=O) groups excluding carboxylic acids is 1. The van der Waals surface area contributed by atoms with Gasteiger partial charge in [0.15, 0.2) is 5.13 Å². The van der Waals surface area contributed by atoms with Crippen LogP contribution in [-0.4, -0.2) is 28.0 Å². The zero-order valence-electron chi connectivity index (χ0n) is 9.85. The average Bonchev–Trinajstić information content (AvgIpc) is 2.58. The monoisotopic (exact) mass is 257 g/mol. The van der Waals surface area contributed by atoms with Crippen molar-refractivity contribution in [3.8, 4) is 0 Å². The van der Waals surface area contributed by atoms with Gasteiger partial charge in [-0.2, -0.15) is 0 Å². The second-order valence-corrected chi connectivity index (χ2v) is 5.57. The Balaban J connectivity index is 2.82. The number of thiazole rings is 1. The van der Waals surface area contributed by atoms with Gasteiger partial charge in [-0.25, -0.2) is 9.78 Å². The normalized spacial score (nSPS) is 13.1. The van der Waals surface area contributed by atoms with Crippen LogP contribution in [0.1, 0.15) is 31.3 Å². The molecule has 0 unspecified atom stereocenters. The van der Waals surface area contributed by atoms with E-state index in [0.717, 1.165) is 11.3 Å². The number of amides is 1. The Bertz CT molecular complexity index is 436. The number of hydrogen-bond acceptors (Lipinski definition) is 5. The second-order valence-electron chi connectivity index (χ2n) is 4.68. The summed E-state index contributed by atoms with van der Waals surface area (Å²) in [7, 11) is 0. The fourth-order valence-corrected chi connectivity index (χ4v) is 1.79. The van der Waals surface area contributed by atoms with Gasteiger partial charge in [0.1, 0.15) is 11.7 Å². The first-order chi connectivity index (χ1) is 7.71. The number of carboxylic acid groups (broad SMARTS) is 1. The lowest BCUT2D eigenvalue weighted by molar-refractivity contribution is -0.142. The standard InChI is InChI=1S/C10H15N3O3S/c1-10(2,3)6(8(15)16)13-7(14)5-4-17-9(11)12-5/h4,6H,1-3H3,(H2,11,12)(H,13,14)(H,15,16)/t6-/m1/s1. The summed E-state index contributed by atoms with van der Waals surface area (Å²) >= 11 is 1.13. The smallest absolute Gasteiger partial charge is 0.326 e. The Morgan fingerprint density at radius 3 is 2.47 bits per heavy atom. The molecule has 1 aromatic rings. The van der Waals surface area contributed by atoms with Crippen LogP contribution in [0.3, 0.4) is 0 Å². The molecular formula is C10H15N3O3S. The molecule has 1 atom stereocenters. The predicted molar refractivity (Wildman–Crippen MR) is 64.9 cm³/mol. The second kappa shape index (κ2) is 4.70. The highest BCUT2D eigenvalue weighted by atomic mass is 32.1. The molecule has 94 valence electrons. The Morgan fingerprint density at radius 2 is 2.12 bits per heavy atom. The number of nitrogen functional groups attached to an aromatic ring is 1. The number of nitrogens with two attached hydrogens (primary N) is 1. The molecule has 6 nitrogen and oxygen atoms in total. The van der Waals surface area contributed by atoms with E-state index in [1.165, 1.54) is 5.38 Å². The van der Waals surface area contributed by atoms with E-state index in [-0.39, 0.29) is 10.8 Å². The average molecular weight is 257 g/mol. The van der Waals surface area contributed by atoms with Crippen LogP contribution < -0.4 is 11.1 Å². The van der Waals surface area contributed by atoms with Crippen LogP contribution in [0.5, 0.6) is 0 Å². The molecule has 1 aromatic heterocycles. The maximum absolute atomic E-state index is 11.7. The third-order valence-corrected chi connectivity index (χ3v) is 2.82. The molecule has 0 aliphatic carbocycles. The highest BCUT2D eigenvalue weighted by Crippen LogP contribution is 2.20. The molecule has 0 aliphatic rings. The van der Waals surface area contributed by atoms with Crippen molar-refractivity contribution in [2.24, 2.45) is 5.41 Å². The maximum Gasteiger partial charge on any atom is 0.326 e. The lowest BCUT2D eigenvalue weighted by Gasteiger charge is -2.27. The molecule has 4 N–H and O–H groups in total. The Morgan fingerprint density at radius 1 is 1.53 bits per heavy atom. The molecule has 0 fully saturated rings. The number of aromatic nitrogens is 1. The van der Waals surface area contributed by atoms with Crippen LogP contribution in [0.4, 0.5) is 5.13 Å². The Labute approximate surface area is 103 Å². The van der Waals surface area contributed by atoms with E-state index in [0.29, 0.717) is 0 Å². The van der Waals surface area contributed by atoms with Crippen molar-refractivity contribution in [2.75, 3.05) is 5.73 Å². The van der Waals surface area contributed by atoms with Crippen molar-refractivity contribution < 1.29 is 14.7 Å². The number of carbonyl (C=O) groups is 2. The van der Waals surface area contributed by atoms with Crippen LogP contribution >= 0.6 is 11.3 Å². The summed E-state index contributed by atoms with van der Waals surface area (Å²) < 4.78 is 0. The summed E-state index contributed by atoms with van der Waals surface area (Å²) in [4.78, 5) is 26.6. The molecule has 1 amide bonds. The van der Waals surface area contributed by atoms with Crippen LogP contribution in [0.2, 0.25) is 0 Å². The molecule has 1 heterocycles. The minimum absolute atomic E-state index is 0.142. The van der Waals surface area contributed by atoms with Crippen LogP contribution in [0.15, 0.2) is 5.38 Å². The molecule has 0 aliphatic heterocycles. The first kappa shape index (κ1) is 13.4. The number of anilines is 1. The lowest BCUT2D eigenvalue weighted by Crippen LogP contribution is -2.49. The molecular weight excluding hydrogens is 242 g/mol. The van der Waals surface area contributed by atoms with Crippen molar-refractivity contribution in [3.05, 3.63) is 11.1 Å². The predicted octanol–water partition coefficient (Wildman–Crippen LogP) is 0.954. The molecule has 0 spiro atoms. The molecule has 0 bridgehead atoms. The van der Waals surface area contributed by atoms with E-state index >= 15 is 0 Å². The summed E-state index contributed by atoms with van der Waals surface area (Å²) in [6, 6.07) is -0.974. The van der Waals surface area contributed by atoms with E-state index in [1.807, 2.05) is 0 Å². The number of carboxylic acids is 1. The minimum atomic E-state index is -1.07. The summed E-state index contributed by atoms with van der Waals surface area (Å²) in [5.74, 6) is -1.60. The van der Waals surface area contributed by atoms with Crippen LogP contribution in [0, 0.1) is 5.41 Å². The van der Waals surface area contributed by atoms with E-state index < -0.39 is 23.3 Å². The van der Waals surface area contributed by atoms with Gasteiger partial charge in [0, 0.05) is 5.38 Å². The first-order valence-corrected chi connectivity index (χ1v) is 5.84. The Kier molecular flexibility index (Phi) is 3.72. The SMILES string of the molecule is CC(C)(C)[C@H](NC(=O)c1csc(N)n1)C(=O)O. The van der Waals surface area contributed by atoms with Gasteiger partial charge in [-0.1, -0.05) is 20.8 Å². The highest BCUT2D eigenvalue weighted by molar-refractivity contribution is 7.13. The van der Waals surface area contributed by atoms with Crippen molar-refractivity contribution in [2.45, 2.75) is 26.8 Å². The van der Waals surface area contributed by atoms with Crippen molar-refractivity contribution in [1.29, 1.82) is 0 Å². The zero-order chi connectivity index (χ0) is 13.2. The Hall–Kier alpha value is -1.63. The van der Waals surface area contributed by atoms with Gasteiger partial charge in [-0.05, 0) is 5.41 Å². The largest absolute Gasteiger partial charge is 0.480 e. The third-order valence-electron chi connectivity index (χ3n) is 2.14. The first-order valence-electron chi connectivity index (χ1n) is 4.96. The fourth-order valence-electron chi connectivity index (χ4n) is 1.25. The van der Waals surface area contributed by atoms with Gasteiger partial charge in [-0.15, -0.1) is 11.3 Å². The van der Waals surface area contributed by atoms with Crippen molar-refractivity contribution in [1.82, 2.24) is 10.3 Å². The summed E-state index contributed by atoms with van der Waals surface area (Å²) in [6.45, 7) is 5.21.